The van der Waals surface area contributed by atoms with Crippen LogP contribution < -0.4 is 0 Å². The monoisotopic (exact) mass is 223 g/mol. The van der Waals surface area contributed by atoms with Crippen molar-refractivity contribution in [3.63, 3.8) is 0 Å². The molecule has 0 aliphatic heterocycles. The van der Waals surface area contributed by atoms with E-state index in [1.54, 1.807) is 6.07 Å². The number of hydrogen-bond donors (Lipinski definition) is 1. The Labute approximate surface area is 92.3 Å². The predicted molar refractivity (Wildman–Crippen MR) is 57.6 cm³/mol. The van der Waals surface area contributed by atoms with Crippen LogP contribution in [0.2, 0.25) is 5.02 Å². The highest BCUT2D eigenvalue weighted by atomic mass is 35.5. The summed E-state index contributed by atoms with van der Waals surface area (Å²) in [5, 5.41) is 9.75. The van der Waals surface area contributed by atoms with Crippen LogP contribution >= 0.6 is 11.6 Å². The third-order valence-corrected chi connectivity index (χ3v) is 2.46. The maximum Gasteiger partial charge on any atom is 0.181 e. The number of rotatable bonds is 2. The van der Waals surface area contributed by atoms with Crippen molar-refractivity contribution in [2.24, 2.45) is 0 Å². The van der Waals surface area contributed by atoms with E-state index in [1.807, 2.05) is 19.1 Å². The lowest BCUT2D eigenvalue weighted by atomic mass is 10.1. The summed E-state index contributed by atoms with van der Waals surface area (Å²) in [4.78, 5) is 3.92. The lowest BCUT2D eigenvalue weighted by Crippen LogP contribution is -1.88. The van der Waals surface area contributed by atoms with Crippen LogP contribution in [0.15, 0.2) is 29.0 Å². The molecule has 0 aliphatic carbocycles. The highest BCUT2D eigenvalue weighted by molar-refractivity contribution is 6.30. The number of aliphatic hydroxyl groups is 1. The number of oxazole rings is 1. The molecule has 78 valence electrons. The molecule has 15 heavy (non-hydrogen) atoms. The van der Waals surface area contributed by atoms with E-state index in [-0.39, 0.29) is 6.61 Å². The van der Waals surface area contributed by atoms with Gasteiger partial charge in [-0.2, -0.15) is 0 Å². The lowest BCUT2D eigenvalue weighted by Gasteiger charge is -2.03. The van der Waals surface area contributed by atoms with Gasteiger partial charge in [-0.1, -0.05) is 11.6 Å². The second kappa shape index (κ2) is 4.04. The Hall–Kier alpha value is -1.32. The fourth-order valence-electron chi connectivity index (χ4n) is 1.48. The Kier molecular flexibility index (Phi) is 2.75. The van der Waals surface area contributed by atoms with Gasteiger partial charge in [0, 0.05) is 10.6 Å². The van der Waals surface area contributed by atoms with Crippen molar-refractivity contribution in [3.05, 3.63) is 40.9 Å². The Balaban J connectivity index is 2.54. The van der Waals surface area contributed by atoms with E-state index in [2.05, 4.69) is 4.98 Å². The number of halogens is 1. The zero-order valence-electron chi connectivity index (χ0n) is 8.20. The van der Waals surface area contributed by atoms with Crippen LogP contribution in [0, 0.1) is 6.92 Å². The van der Waals surface area contributed by atoms with Crippen molar-refractivity contribution in [1.29, 1.82) is 0 Å². The zero-order chi connectivity index (χ0) is 10.8. The van der Waals surface area contributed by atoms with Crippen LogP contribution in [0.3, 0.4) is 0 Å². The maximum absolute atomic E-state index is 9.07. The minimum atomic E-state index is -0.131. The fraction of sp³-hybridized carbons (Fsp3) is 0.182. The number of aryl methyl sites for hydroxylation is 1. The van der Waals surface area contributed by atoms with Crippen LogP contribution in [-0.2, 0) is 6.61 Å². The van der Waals surface area contributed by atoms with Crippen LogP contribution in [-0.4, -0.2) is 10.1 Å². The largest absolute Gasteiger partial charge is 0.443 e. The summed E-state index contributed by atoms with van der Waals surface area (Å²) in [5.41, 5.74) is 2.44. The summed E-state index contributed by atoms with van der Waals surface area (Å²) in [6.07, 6.45) is 1.33. The number of aromatic nitrogens is 1. The summed E-state index contributed by atoms with van der Waals surface area (Å²) < 4.78 is 5.25. The molecule has 1 heterocycles. The van der Waals surface area contributed by atoms with E-state index >= 15 is 0 Å². The molecule has 0 radical (unpaired) electrons. The first-order chi connectivity index (χ1) is 7.22. The molecule has 0 bridgehead atoms. The average molecular weight is 224 g/mol. The van der Waals surface area contributed by atoms with Gasteiger partial charge >= 0.3 is 0 Å². The first kappa shape index (κ1) is 10.2. The van der Waals surface area contributed by atoms with Crippen molar-refractivity contribution < 1.29 is 9.52 Å². The lowest BCUT2D eigenvalue weighted by molar-refractivity contribution is 0.277. The first-order valence-corrected chi connectivity index (χ1v) is 4.90. The molecular formula is C11H10ClNO2. The fourth-order valence-corrected chi connectivity index (χ4v) is 1.71. The maximum atomic E-state index is 9.07. The molecular weight excluding hydrogens is 214 g/mol. The van der Waals surface area contributed by atoms with E-state index in [9.17, 15) is 0 Å². The average Bonchev–Trinajstić information content (AvgIpc) is 2.65. The van der Waals surface area contributed by atoms with Crippen molar-refractivity contribution in [2.75, 3.05) is 0 Å². The molecule has 4 heteroatoms. The summed E-state index contributed by atoms with van der Waals surface area (Å²) in [6.45, 7) is 1.80. The van der Waals surface area contributed by atoms with Gasteiger partial charge < -0.3 is 9.52 Å². The molecule has 0 saturated carbocycles. The van der Waals surface area contributed by atoms with Gasteiger partial charge in [-0.25, -0.2) is 4.98 Å². The quantitative estimate of drug-likeness (QED) is 0.852. The van der Waals surface area contributed by atoms with E-state index in [4.69, 9.17) is 21.1 Å². The Morgan fingerprint density at radius 1 is 1.47 bits per heavy atom. The molecule has 1 aromatic carbocycles. The highest BCUT2D eigenvalue weighted by Crippen LogP contribution is 2.28. The number of benzene rings is 1. The summed E-state index contributed by atoms with van der Waals surface area (Å²) in [7, 11) is 0. The standard InChI is InChI=1S/C11H10ClNO2/c1-7-4-8(12)2-3-9(7)11-10(5-14)13-6-15-11/h2-4,6,14H,5H2,1H3. The van der Waals surface area contributed by atoms with E-state index in [0.29, 0.717) is 16.5 Å². The molecule has 0 aliphatic rings. The molecule has 0 amide bonds. The second-order valence-electron chi connectivity index (χ2n) is 3.25. The molecule has 3 nitrogen and oxygen atoms in total. The van der Waals surface area contributed by atoms with Crippen LogP contribution in [0.5, 0.6) is 0 Å². The van der Waals surface area contributed by atoms with Crippen molar-refractivity contribution in [3.8, 4) is 11.3 Å². The normalized spacial score (nSPS) is 10.6. The van der Waals surface area contributed by atoms with E-state index in [1.165, 1.54) is 6.39 Å². The Bertz CT molecular complexity index is 479. The second-order valence-corrected chi connectivity index (χ2v) is 3.68. The van der Waals surface area contributed by atoms with Crippen molar-refractivity contribution in [2.45, 2.75) is 13.5 Å². The number of hydrogen-bond acceptors (Lipinski definition) is 3. The number of nitrogens with zero attached hydrogens (tertiary/aromatic N) is 1. The molecule has 2 rings (SSSR count). The third kappa shape index (κ3) is 1.89. The van der Waals surface area contributed by atoms with Gasteiger partial charge in [0.2, 0.25) is 0 Å². The van der Waals surface area contributed by atoms with E-state index < -0.39 is 0 Å². The van der Waals surface area contributed by atoms with Gasteiger partial charge in [0.15, 0.2) is 12.2 Å². The van der Waals surface area contributed by atoms with Gasteiger partial charge in [-0.05, 0) is 30.7 Å². The van der Waals surface area contributed by atoms with Gasteiger partial charge in [0.1, 0.15) is 5.69 Å². The summed E-state index contributed by atoms with van der Waals surface area (Å²) in [5.74, 6) is 0.603. The minimum Gasteiger partial charge on any atom is -0.443 e. The zero-order valence-corrected chi connectivity index (χ0v) is 8.95. The molecule has 0 unspecified atom stereocenters. The Morgan fingerprint density at radius 2 is 2.27 bits per heavy atom. The molecule has 0 saturated heterocycles. The summed E-state index contributed by atoms with van der Waals surface area (Å²) in [6, 6.07) is 5.49. The van der Waals surface area contributed by atoms with Crippen molar-refractivity contribution >= 4 is 11.6 Å². The highest BCUT2D eigenvalue weighted by Gasteiger charge is 2.11. The third-order valence-electron chi connectivity index (χ3n) is 2.22. The topological polar surface area (TPSA) is 46.3 Å². The van der Waals surface area contributed by atoms with Crippen LogP contribution in [0.1, 0.15) is 11.3 Å². The van der Waals surface area contributed by atoms with Crippen LogP contribution in [0.25, 0.3) is 11.3 Å². The Morgan fingerprint density at radius 3 is 2.93 bits per heavy atom. The summed E-state index contributed by atoms with van der Waals surface area (Å²) >= 11 is 5.86. The molecule has 1 N–H and O–H groups in total. The minimum absolute atomic E-state index is 0.131. The molecule has 2 aromatic rings. The smallest absolute Gasteiger partial charge is 0.181 e. The first-order valence-electron chi connectivity index (χ1n) is 4.52. The van der Waals surface area contributed by atoms with Gasteiger partial charge in [-0.3, -0.25) is 0 Å². The molecule has 0 atom stereocenters. The van der Waals surface area contributed by atoms with Gasteiger partial charge in [-0.15, -0.1) is 0 Å². The van der Waals surface area contributed by atoms with Crippen LogP contribution in [0.4, 0.5) is 0 Å². The van der Waals surface area contributed by atoms with Crippen molar-refractivity contribution in [1.82, 2.24) is 4.98 Å². The molecule has 1 aromatic heterocycles. The molecule has 0 spiro atoms. The SMILES string of the molecule is Cc1cc(Cl)ccc1-c1ocnc1CO. The number of aliphatic hydroxyl groups excluding tert-OH is 1. The van der Waals surface area contributed by atoms with Gasteiger partial charge in [0.25, 0.3) is 0 Å². The van der Waals surface area contributed by atoms with E-state index in [0.717, 1.165) is 11.1 Å². The molecule has 0 fully saturated rings. The predicted octanol–water partition coefficient (Wildman–Crippen LogP) is 2.80. The van der Waals surface area contributed by atoms with Gasteiger partial charge in [0.05, 0.1) is 6.61 Å².